The Hall–Kier alpha value is -2.04. The van der Waals surface area contributed by atoms with E-state index in [1.165, 1.54) is 12.8 Å². The second-order valence-electron chi connectivity index (χ2n) is 8.34. The van der Waals surface area contributed by atoms with E-state index in [0.717, 1.165) is 37.1 Å². The van der Waals surface area contributed by atoms with Crippen LogP contribution >= 0.6 is 0 Å². The van der Waals surface area contributed by atoms with Gasteiger partial charge in [0, 0.05) is 19.5 Å². The number of nitrogens with zero attached hydrogens (tertiary/aromatic N) is 2. The largest absolute Gasteiger partial charge is 0.444 e. The molecule has 1 saturated heterocycles. The van der Waals surface area contributed by atoms with Crippen molar-refractivity contribution in [1.29, 1.82) is 0 Å². The summed E-state index contributed by atoms with van der Waals surface area (Å²) >= 11 is 0. The number of hydrogen-bond donors (Lipinski definition) is 0. The smallest absolute Gasteiger partial charge is 0.411 e. The Morgan fingerprint density at radius 3 is 2.23 bits per heavy atom. The molecule has 3 rings (SSSR count). The van der Waals surface area contributed by atoms with Crippen molar-refractivity contribution in [3.63, 3.8) is 0 Å². The molecule has 2 heterocycles. The summed E-state index contributed by atoms with van der Waals surface area (Å²) in [6, 6.07) is 7.58. The van der Waals surface area contributed by atoms with Crippen LogP contribution in [0.3, 0.4) is 0 Å². The van der Waals surface area contributed by atoms with E-state index >= 15 is 0 Å². The number of amides is 2. The van der Waals surface area contributed by atoms with Crippen molar-refractivity contribution in [3.8, 4) is 0 Å². The fourth-order valence-corrected chi connectivity index (χ4v) is 3.76. The molecule has 26 heavy (non-hydrogen) atoms. The van der Waals surface area contributed by atoms with Crippen LogP contribution < -0.4 is 0 Å². The highest BCUT2D eigenvalue weighted by Crippen LogP contribution is 2.27. The molecule has 1 atom stereocenters. The van der Waals surface area contributed by atoms with E-state index in [1.54, 1.807) is 4.90 Å². The van der Waals surface area contributed by atoms with Crippen LogP contribution in [-0.4, -0.2) is 46.5 Å². The first-order valence-electron chi connectivity index (χ1n) is 9.70. The summed E-state index contributed by atoms with van der Waals surface area (Å²) in [6.45, 7) is 7.57. The van der Waals surface area contributed by atoms with E-state index in [-0.39, 0.29) is 5.91 Å². The van der Waals surface area contributed by atoms with Gasteiger partial charge in [-0.1, -0.05) is 37.1 Å². The van der Waals surface area contributed by atoms with Gasteiger partial charge >= 0.3 is 6.09 Å². The minimum atomic E-state index is -0.579. The van der Waals surface area contributed by atoms with Crippen LogP contribution in [0.5, 0.6) is 0 Å². The van der Waals surface area contributed by atoms with Crippen molar-refractivity contribution >= 4 is 12.0 Å². The summed E-state index contributed by atoms with van der Waals surface area (Å²) in [5.41, 5.74) is 1.67. The van der Waals surface area contributed by atoms with Crippen LogP contribution in [0.2, 0.25) is 0 Å². The van der Waals surface area contributed by atoms with Gasteiger partial charge in [-0.15, -0.1) is 0 Å². The summed E-state index contributed by atoms with van der Waals surface area (Å²) in [5, 5.41) is 0. The molecule has 2 amide bonds. The predicted molar refractivity (Wildman–Crippen MR) is 101 cm³/mol. The van der Waals surface area contributed by atoms with E-state index in [1.807, 2.05) is 43.9 Å². The molecule has 0 spiro atoms. The molecular weight excluding hydrogens is 328 g/mol. The number of carbonyl (C=O) groups is 2. The van der Waals surface area contributed by atoms with E-state index in [0.29, 0.717) is 13.0 Å². The van der Waals surface area contributed by atoms with Crippen molar-refractivity contribution in [2.24, 2.45) is 0 Å². The van der Waals surface area contributed by atoms with E-state index < -0.39 is 17.7 Å². The Balaban J connectivity index is 1.85. The third-order valence-corrected chi connectivity index (χ3v) is 5.08. The molecule has 0 bridgehead atoms. The Morgan fingerprint density at radius 2 is 1.62 bits per heavy atom. The Morgan fingerprint density at radius 1 is 1.00 bits per heavy atom. The summed E-state index contributed by atoms with van der Waals surface area (Å²) in [5.74, 6) is 0.0623. The quantitative estimate of drug-likeness (QED) is 0.768. The van der Waals surface area contributed by atoms with Gasteiger partial charge in [0.05, 0.1) is 6.54 Å². The van der Waals surface area contributed by atoms with Crippen LogP contribution in [0.15, 0.2) is 24.3 Å². The number of fused-ring (bicyclic) bond motifs is 1. The van der Waals surface area contributed by atoms with Crippen LogP contribution in [0.25, 0.3) is 0 Å². The minimum absolute atomic E-state index is 0.0623. The zero-order chi connectivity index (χ0) is 18.7. The van der Waals surface area contributed by atoms with E-state index in [4.69, 9.17) is 4.74 Å². The molecule has 0 saturated carbocycles. The standard InChI is InChI=1S/C21H30N2O3/c1-21(2,3)26-20(25)23-15-17-11-7-6-10-16(17)14-18(23)19(24)22-12-8-4-5-9-13-22/h6-7,10-11,18H,4-5,8-9,12-15H2,1-3H3/t18-/m0/s1. The van der Waals surface area contributed by atoms with E-state index in [9.17, 15) is 9.59 Å². The Labute approximate surface area is 156 Å². The Kier molecular flexibility index (Phi) is 5.54. The Bertz CT molecular complexity index is 657. The maximum absolute atomic E-state index is 13.3. The molecule has 0 unspecified atom stereocenters. The molecule has 0 radical (unpaired) electrons. The van der Waals surface area contributed by atoms with Gasteiger partial charge in [0.2, 0.25) is 5.91 Å². The normalized spacial score (nSPS) is 21.0. The molecule has 1 fully saturated rings. The van der Waals surface area contributed by atoms with Crippen molar-refractivity contribution in [2.75, 3.05) is 13.1 Å². The molecule has 1 aromatic carbocycles. The summed E-state index contributed by atoms with van der Waals surface area (Å²) in [7, 11) is 0. The number of rotatable bonds is 1. The molecule has 2 aliphatic rings. The predicted octanol–water partition coefficient (Wildman–Crippen LogP) is 3.75. The second-order valence-corrected chi connectivity index (χ2v) is 8.34. The highest BCUT2D eigenvalue weighted by molar-refractivity contribution is 5.86. The first-order chi connectivity index (χ1) is 12.3. The average Bonchev–Trinajstić information content (AvgIpc) is 2.88. The van der Waals surface area contributed by atoms with Gasteiger partial charge in [-0.2, -0.15) is 0 Å². The molecule has 1 aromatic rings. The van der Waals surface area contributed by atoms with Crippen molar-refractivity contribution < 1.29 is 14.3 Å². The van der Waals surface area contributed by atoms with Crippen LogP contribution in [0.4, 0.5) is 4.79 Å². The third-order valence-electron chi connectivity index (χ3n) is 5.08. The first-order valence-corrected chi connectivity index (χ1v) is 9.70. The second kappa shape index (κ2) is 7.68. The average molecular weight is 358 g/mol. The topological polar surface area (TPSA) is 49.9 Å². The molecule has 5 nitrogen and oxygen atoms in total. The fourth-order valence-electron chi connectivity index (χ4n) is 3.76. The van der Waals surface area contributed by atoms with Crippen molar-refractivity contribution in [3.05, 3.63) is 35.4 Å². The highest BCUT2D eigenvalue weighted by atomic mass is 16.6. The van der Waals surface area contributed by atoms with Gasteiger partial charge in [-0.05, 0) is 44.7 Å². The number of carbonyl (C=O) groups excluding carboxylic acids is 2. The zero-order valence-electron chi connectivity index (χ0n) is 16.2. The van der Waals surface area contributed by atoms with Gasteiger partial charge in [-0.25, -0.2) is 4.79 Å². The first kappa shape index (κ1) is 18.7. The third kappa shape index (κ3) is 4.37. The van der Waals surface area contributed by atoms with Crippen molar-refractivity contribution in [2.45, 2.75) is 71.1 Å². The van der Waals surface area contributed by atoms with Crippen LogP contribution in [-0.2, 0) is 22.5 Å². The number of likely N-dealkylation sites (tertiary alicyclic amines) is 1. The van der Waals surface area contributed by atoms with E-state index in [2.05, 4.69) is 6.07 Å². The van der Waals surface area contributed by atoms with Crippen LogP contribution in [0, 0.1) is 0 Å². The minimum Gasteiger partial charge on any atom is -0.444 e. The van der Waals surface area contributed by atoms with Crippen LogP contribution in [0.1, 0.15) is 57.6 Å². The number of benzene rings is 1. The lowest BCUT2D eigenvalue weighted by atomic mass is 9.93. The molecule has 0 N–H and O–H groups in total. The van der Waals surface area contributed by atoms with Gasteiger partial charge < -0.3 is 9.64 Å². The number of hydrogen-bond acceptors (Lipinski definition) is 3. The summed E-state index contributed by atoms with van der Waals surface area (Å²) in [4.78, 5) is 29.7. The number of ether oxygens (including phenoxy) is 1. The SMILES string of the molecule is CC(C)(C)OC(=O)N1Cc2ccccc2C[C@H]1C(=O)N1CCCCCC1. The molecule has 0 aliphatic carbocycles. The molecule has 5 heteroatoms. The van der Waals surface area contributed by atoms with Gasteiger partial charge in [-0.3, -0.25) is 9.69 Å². The highest BCUT2D eigenvalue weighted by Gasteiger charge is 2.38. The van der Waals surface area contributed by atoms with Gasteiger partial charge in [0.25, 0.3) is 0 Å². The lowest BCUT2D eigenvalue weighted by molar-refractivity contribution is -0.137. The molecule has 142 valence electrons. The molecule has 0 aromatic heterocycles. The molecular formula is C21H30N2O3. The summed E-state index contributed by atoms with van der Waals surface area (Å²) in [6.07, 6.45) is 4.59. The fraction of sp³-hybridized carbons (Fsp3) is 0.619. The molecule has 2 aliphatic heterocycles. The maximum Gasteiger partial charge on any atom is 0.411 e. The lowest BCUT2D eigenvalue weighted by Crippen LogP contribution is -2.54. The zero-order valence-corrected chi connectivity index (χ0v) is 16.2. The van der Waals surface area contributed by atoms with Gasteiger partial charge in [0.1, 0.15) is 11.6 Å². The lowest BCUT2D eigenvalue weighted by Gasteiger charge is -2.39. The van der Waals surface area contributed by atoms with Gasteiger partial charge in [0.15, 0.2) is 0 Å². The maximum atomic E-state index is 13.3. The summed E-state index contributed by atoms with van der Waals surface area (Å²) < 4.78 is 5.60. The monoisotopic (exact) mass is 358 g/mol. The van der Waals surface area contributed by atoms with Crippen molar-refractivity contribution in [1.82, 2.24) is 9.80 Å².